The molecule has 13 heteroatoms. The lowest BCUT2D eigenvalue weighted by molar-refractivity contribution is -0.166. The Morgan fingerprint density at radius 1 is 1.09 bits per heavy atom. The highest BCUT2D eigenvalue weighted by atomic mass is 35.5. The fourth-order valence-electron chi connectivity index (χ4n) is 5.78. The van der Waals surface area contributed by atoms with E-state index in [1.54, 1.807) is 36.1 Å². The van der Waals surface area contributed by atoms with Crippen molar-refractivity contribution < 1.29 is 37.3 Å². The molecule has 0 bridgehead atoms. The van der Waals surface area contributed by atoms with Crippen LogP contribution in [0.2, 0.25) is 5.02 Å². The van der Waals surface area contributed by atoms with Crippen molar-refractivity contribution in [2.75, 3.05) is 24.7 Å². The Hall–Kier alpha value is -4.32. The van der Waals surface area contributed by atoms with Gasteiger partial charge in [0.15, 0.2) is 6.04 Å². The third-order valence-electron chi connectivity index (χ3n) is 7.97. The maximum Gasteiger partial charge on any atom is 0.412 e. The SMILES string of the molecule is CCOC(=O)N1CCC(c2ccc(COc3c(Cl)cccc3-c3cccc(N4N=CC(C(=O)O)[C@H]4C(F)(F)F)n3)cc2C)CC1. The number of rotatable bonds is 8. The van der Waals surface area contributed by atoms with Gasteiger partial charge in [0.2, 0.25) is 0 Å². The number of para-hydroxylation sites is 1. The predicted molar refractivity (Wildman–Crippen MR) is 163 cm³/mol. The molecule has 5 rings (SSSR count). The van der Waals surface area contributed by atoms with Gasteiger partial charge < -0.3 is 19.5 Å². The van der Waals surface area contributed by atoms with Crippen molar-refractivity contribution in [3.05, 3.63) is 76.3 Å². The standard InChI is InChI=1S/C32H32ClF3N4O5/c1-3-44-31(43)39-14-12-21(13-15-39)22-11-10-20(16-19(22)2)18-45-28-23(6-4-7-25(28)33)26-8-5-9-27(38-26)40-29(32(34,35)36)24(17-37-40)30(41)42/h4-11,16-17,21,24,29H,3,12-15,18H2,1-2H3,(H,41,42)/t24?,29-/m0/s1. The number of nitrogens with zero attached hydrogens (tertiary/aromatic N) is 4. The van der Waals surface area contributed by atoms with E-state index in [4.69, 9.17) is 21.1 Å². The number of ether oxygens (including phenoxy) is 2. The molecule has 9 nitrogen and oxygen atoms in total. The van der Waals surface area contributed by atoms with Gasteiger partial charge in [-0.15, -0.1) is 0 Å². The van der Waals surface area contributed by atoms with Crippen LogP contribution in [0.15, 0.2) is 59.7 Å². The van der Waals surface area contributed by atoms with Crippen LogP contribution in [-0.4, -0.2) is 65.2 Å². The van der Waals surface area contributed by atoms with Crippen molar-refractivity contribution in [3.8, 4) is 17.0 Å². The van der Waals surface area contributed by atoms with Gasteiger partial charge in [0.1, 0.15) is 24.1 Å². The third-order valence-corrected chi connectivity index (χ3v) is 8.26. The molecule has 0 saturated carbocycles. The number of piperidine rings is 1. The Bertz CT molecular complexity index is 1590. The zero-order valence-electron chi connectivity index (χ0n) is 24.6. The van der Waals surface area contributed by atoms with E-state index in [1.807, 2.05) is 19.1 Å². The summed E-state index contributed by atoms with van der Waals surface area (Å²) < 4.78 is 52.9. The summed E-state index contributed by atoms with van der Waals surface area (Å²) in [5.41, 5.74) is 3.94. The van der Waals surface area contributed by atoms with E-state index in [9.17, 15) is 27.9 Å². The number of aryl methyl sites for hydroxylation is 1. The largest absolute Gasteiger partial charge is 0.487 e. The molecule has 0 aliphatic carbocycles. The molecule has 1 N–H and O–H groups in total. The van der Waals surface area contributed by atoms with Gasteiger partial charge in [-0.3, -0.25) is 4.79 Å². The minimum absolute atomic E-state index is 0.167. The highest BCUT2D eigenvalue weighted by Gasteiger charge is 2.54. The highest BCUT2D eigenvalue weighted by molar-refractivity contribution is 6.32. The predicted octanol–water partition coefficient (Wildman–Crippen LogP) is 7.06. The van der Waals surface area contributed by atoms with Crippen molar-refractivity contribution in [2.24, 2.45) is 11.0 Å². The van der Waals surface area contributed by atoms with E-state index in [0.29, 0.717) is 47.0 Å². The van der Waals surface area contributed by atoms with Gasteiger partial charge in [-0.2, -0.15) is 18.3 Å². The van der Waals surface area contributed by atoms with Gasteiger partial charge in [0.05, 0.1) is 17.3 Å². The molecular formula is C32H32ClF3N4O5. The van der Waals surface area contributed by atoms with Crippen LogP contribution in [0.25, 0.3) is 11.3 Å². The molecule has 3 heterocycles. The Kier molecular flexibility index (Phi) is 9.52. The number of amides is 1. The van der Waals surface area contributed by atoms with Crippen LogP contribution in [0.3, 0.4) is 0 Å². The lowest BCUT2D eigenvalue weighted by atomic mass is 9.86. The molecule has 2 aliphatic rings. The Labute approximate surface area is 263 Å². The Balaban J connectivity index is 1.32. The summed E-state index contributed by atoms with van der Waals surface area (Å²) >= 11 is 6.52. The minimum atomic E-state index is -4.87. The van der Waals surface area contributed by atoms with Crippen LogP contribution >= 0.6 is 11.6 Å². The quantitative estimate of drug-likeness (QED) is 0.280. The molecule has 1 amide bonds. The molecule has 1 aromatic heterocycles. The third kappa shape index (κ3) is 7.00. The number of carboxylic acids is 1. The van der Waals surface area contributed by atoms with Crippen LogP contribution in [0.5, 0.6) is 5.75 Å². The zero-order valence-corrected chi connectivity index (χ0v) is 25.4. The summed E-state index contributed by atoms with van der Waals surface area (Å²) in [6.45, 7) is 5.63. The zero-order chi connectivity index (χ0) is 32.3. The van der Waals surface area contributed by atoms with Crippen molar-refractivity contribution in [2.45, 2.75) is 51.4 Å². The lowest BCUT2D eigenvalue weighted by Crippen LogP contribution is -2.47. The van der Waals surface area contributed by atoms with Crippen molar-refractivity contribution in [3.63, 3.8) is 0 Å². The molecule has 238 valence electrons. The van der Waals surface area contributed by atoms with Crippen LogP contribution in [-0.2, 0) is 16.1 Å². The Morgan fingerprint density at radius 2 is 1.82 bits per heavy atom. The first-order chi connectivity index (χ1) is 21.5. The number of hydrogen-bond donors (Lipinski definition) is 1. The number of aliphatic carboxylic acids is 1. The molecule has 2 atom stereocenters. The fourth-order valence-corrected chi connectivity index (χ4v) is 6.01. The minimum Gasteiger partial charge on any atom is -0.487 e. The summed E-state index contributed by atoms with van der Waals surface area (Å²) in [6.07, 6.45) is -2.69. The molecule has 45 heavy (non-hydrogen) atoms. The summed E-state index contributed by atoms with van der Waals surface area (Å²) in [5.74, 6) is -3.04. The number of alkyl halides is 3. The molecule has 2 aliphatic heterocycles. The number of likely N-dealkylation sites (tertiary alicyclic amines) is 1. The molecule has 1 unspecified atom stereocenters. The van der Waals surface area contributed by atoms with Gasteiger partial charge in [-0.25, -0.2) is 14.8 Å². The van der Waals surface area contributed by atoms with E-state index < -0.39 is 24.1 Å². The summed E-state index contributed by atoms with van der Waals surface area (Å²) in [5, 5.41) is 13.9. The highest BCUT2D eigenvalue weighted by Crippen LogP contribution is 2.40. The Morgan fingerprint density at radius 3 is 2.49 bits per heavy atom. The van der Waals surface area contributed by atoms with Crippen LogP contribution in [0.4, 0.5) is 23.8 Å². The van der Waals surface area contributed by atoms with Gasteiger partial charge in [-0.1, -0.05) is 41.9 Å². The first-order valence-corrected chi connectivity index (χ1v) is 14.9. The second-order valence-corrected chi connectivity index (χ2v) is 11.3. The number of pyridine rings is 1. The van der Waals surface area contributed by atoms with E-state index in [1.165, 1.54) is 17.7 Å². The summed E-state index contributed by atoms with van der Waals surface area (Å²) in [6, 6.07) is 13.2. The lowest BCUT2D eigenvalue weighted by Gasteiger charge is -2.32. The van der Waals surface area contributed by atoms with Crippen LogP contribution in [0.1, 0.15) is 42.4 Å². The van der Waals surface area contributed by atoms with E-state index >= 15 is 0 Å². The second kappa shape index (κ2) is 13.4. The molecule has 2 aromatic carbocycles. The number of carboxylic acid groups (broad SMARTS) is 1. The molecule has 1 fully saturated rings. The normalized spacial score (nSPS) is 18.7. The average molecular weight is 645 g/mol. The number of anilines is 1. The van der Waals surface area contributed by atoms with Crippen molar-refractivity contribution in [1.29, 1.82) is 0 Å². The molecule has 1 saturated heterocycles. The number of benzene rings is 2. The molecule has 0 radical (unpaired) electrons. The van der Waals surface area contributed by atoms with Gasteiger partial charge in [0, 0.05) is 24.9 Å². The second-order valence-electron chi connectivity index (χ2n) is 10.9. The van der Waals surface area contributed by atoms with Gasteiger partial charge >= 0.3 is 18.2 Å². The molecule has 0 spiro atoms. The fraction of sp³-hybridized carbons (Fsp3) is 0.375. The average Bonchev–Trinajstić information content (AvgIpc) is 3.48. The van der Waals surface area contributed by atoms with E-state index in [2.05, 4.69) is 16.2 Å². The van der Waals surface area contributed by atoms with Gasteiger partial charge in [-0.05, 0) is 73.6 Å². The maximum absolute atomic E-state index is 13.9. The van der Waals surface area contributed by atoms with Gasteiger partial charge in [0.25, 0.3) is 0 Å². The van der Waals surface area contributed by atoms with Crippen LogP contribution in [0, 0.1) is 12.8 Å². The van der Waals surface area contributed by atoms with E-state index in [0.717, 1.165) is 30.2 Å². The first kappa shape index (κ1) is 32.1. The number of aromatic nitrogens is 1. The number of halogens is 4. The summed E-state index contributed by atoms with van der Waals surface area (Å²) in [4.78, 5) is 29.7. The van der Waals surface area contributed by atoms with Crippen LogP contribution < -0.4 is 9.75 Å². The van der Waals surface area contributed by atoms with E-state index in [-0.39, 0.29) is 24.2 Å². The van der Waals surface area contributed by atoms with Crippen molar-refractivity contribution in [1.82, 2.24) is 9.88 Å². The number of hydrogen-bond acceptors (Lipinski definition) is 7. The van der Waals surface area contributed by atoms with Crippen molar-refractivity contribution >= 4 is 35.7 Å². The number of carbonyl (C=O) groups excluding carboxylic acids is 1. The first-order valence-electron chi connectivity index (χ1n) is 14.5. The molecular weight excluding hydrogens is 613 g/mol. The molecule has 3 aromatic rings. The smallest absolute Gasteiger partial charge is 0.412 e. The maximum atomic E-state index is 13.9. The summed E-state index contributed by atoms with van der Waals surface area (Å²) in [7, 11) is 0. The topological polar surface area (TPSA) is 105 Å². The number of carbonyl (C=O) groups is 2. The monoisotopic (exact) mass is 644 g/mol. The number of hydrazone groups is 1.